The molecule has 0 spiro atoms. The number of likely N-dealkylation sites (N-methyl/N-ethyl adjacent to an activating group) is 1. The largest absolute Gasteiger partial charge is 0.376 e. The van der Waals surface area contributed by atoms with Crippen molar-refractivity contribution in [2.24, 2.45) is 0 Å². The Morgan fingerprint density at radius 3 is 2.80 bits per heavy atom. The van der Waals surface area contributed by atoms with E-state index in [1.54, 1.807) is 4.90 Å². The maximum atomic E-state index is 12.5. The Kier molecular flexibility index (Phi) is 5.15. The van der Waals surface area contributed by atoms with Gasteiger partial charge < -0.3 is 9.64 Å². The fraction of sp³-hybridized carbons (Fsp3) is 0.562. The van der Waals surface area contributed by atoms with Crippen molar-refractivity contribution in [2.45, 2.75) is 32.5 Å². The van der Waals surface area contributed by atoms with Crippen molar-refractivity contribution in [3.63, 3.8) is 0 Å². The van der Waals surface area contributed by atoms with Gasteiger partial charge in [0.25, 0.3) is 0 Å². The van der Waals surface area contributed by atoms with E-state index in [2.05, 4.69) is 11.8 Å². The third-order valence-corrected chi connectivity index (χ3v) is 3.82. The van der Waals surface area contributed by atoms with Crippen LogP contribution in [-0.4, -0.2) is 54.6 Å². The summed E-state index contributed by atoms with van der Waals surface area (Å²) in [5.74, 6) is 0.169. The number of amides is 1. The normalized spacial score (nSPS) is 21.4. The van der Waals surface area contributed by atoms with Crippen LogP contribution in [0.25, 0.3) is 0 Å². The molecule has 1 saturated heterocycles. The number of hydrogen-bond acceptors (Lipinski definition) is 3. The second-order valence-corrected chi connectivity index (χ2v) is 5.53. The van der Waals surface area contributed by atoms with Gasteiger partial charge >= 0.3 is 0 Å². The molecule has 0 radical (unpaired) electrons. The molecule has 1 aliphatic heterocycles. The van der Waals surface area contributed by atoms with Crippen LogP contribution in [0.5, 0.6) is 0 Å². The highest BCUT2D eigenvalue weighted by Crippen LogP contribution is 2.12. The Hall–Kier alpha value is -1.39. The zero-order valence-corrected chi connectivity index (χ0v) is 12.6. The second-order valence-electron chi connectivity index (χ2n) is 5.53. The van der Waals surface area contributed by atoms with Gasteiger partial charge in [0.2, 0.25) is 5.91 Å². The first kappa shape index (κ1) is 15.0. The fourth-order valence-corrected chi connectivity index (χ4v) is 2.61. The maximum absolute atomic E-state index is 12.5. The van der Waals surface area contributed by atoms with Gasteiger partial charge in [-0.25, -0.2) is 0 Å². The van der Waals surface area contributed by atoms with Crippen molar-refractivity contribution < 1.29 is 9.53 Å². The standard InChI is InChI=1S/C16H24N2O2/c1-13-11-18(9-10-20-13)14(2)16(19)17(3)12-15-7-5-4-6-8-15/h4-8,13-14H,9-12H2,1-3H3. The van der Waals surface area contributed by atoms with Crippen LogP contribution in [0.15, 0.2) is 30.3 Å². The summed E-state index contributed by atoms with van der Waals surface area (Å²) in [4.78, 5) is 16.5. The van der Waals surface area contributed by atoms with E-state index in [1.807, 2.05) is 44.3 Å². The molecule has 1 aromatic rings. The molecule has 1 heterocycles. The number of morpholine rings is 1. The molecule has 0 aliphatic carbocycles. The van der Waals surface area contributed by atoms with Gasteiger partial charge in [0.15, 0.2) is 0 Å². The van der Waals surface area contributed by atoms with E-state index < -0.39 is 0 Å². The van der Waals surface area contributed by atoms with E-state index in [0.717, 1.165) is 18.7 Å². The Morgan fingerprint density at radius 1 is 1.45 bits per heavy atom. The summed E-state index contributed by atoms with van der Waals surface area (Å²) in [7, 11) is 1.87. The Morgan fingerprint density at radius 2 is 2.15 bits per heavy atom. The molecule has 0 aromatic heterocycles. The third-order valence-electron chi connectivity index (χ3n) is 3.82. The molecule has 20 heavy (non-hydrogen) atoms. The summed E-state index contributed by atoms with van der Waals surface area (Å²) < 4.78 is 5.53. The van der Waals surface area contributed by atoms with E-state index in [-0.39, 0.29) is 18.1 Å². The number of carbonyl (C=O) groups is 1. The lowest BCUT2D eigenvalue weighted by atomic mass is 10.1. The monoisotopic (exact) mass is 276 g/mol. The third kappa shape index (κ3) is 3.81. The smallest absolute Gasteiger partial charge is 0.239 e. The summed E-state index contributed by atoms with van der Waals surface area (Å²) in [6, 6.07) is 10.00. The van der Waals surface area contributed by atoms with Gasteiger partial charge in [0.05, 0.1) is 18.8 Å². The van der Waals surface area contributed by atoms with Crippen LogP contribution in [0.3, 0.4) is 0 Å². The molecular formula is C16H24N2O2. The molecule has 1 fully saturated rings. The minimum absolute atomic E-state index is 0.0879. The van der Waals surface area contributed by atoms with Crippen molar-refractivity contribution >= 4 is 5.91 Å². The molecule has 2 unspecified atom stereocenters. The van der Waals surface area contributed by atoms with Crippen molar-refractivity contribution in [3.05, 3.63) is 35.9 Å². The zero-order chi connectivity index (χ0) is 14.5. The SMILES string of the molecule is CC1CN(C(C)C(=O)N(C)Cc2ccccc2)CCO1. The molecule has 2 rings (SSSR count). The Labute approximate surface area is 121 Å². The predicted molar refractivity (Wildman–Crippen MR) is 79.4 cm³/mol. The van der Waals surface area contributed by atoms with Crippen molar-refractivity contribution in [1.29, 1.82) is 0 Å². The molecular weight excluding hydrogens is 252 g/mol. The molecule has 0 N–H and O–H groups in total. The Bertz CT molecular complexity index is 435. The fourth-order valence-electron chi connectivity index (χ4n) is 2.61. The van der Waals surface area contributed by atoms with E-state index in [1.165, 1.54) is 0 Å². The first-order chi connectivity index (χ1) is 9.58. The van der Waals surface area contributed by atoms with Crippen molar-refractivity contribution in [1.82, 2.24) is 9.80 Å². The molecule has 1 aliphatic rings. The van der Waals surface area contributed by atoms with E-state index in [0.29, 0.717) is 13.2 Å². The molecule has 110 valence electrons. The van der Waals surface area contributed by atoms with Crippen LogP contribution >= 0.6 is 0 Å². The van der Waals surface area contributed by atoms with Crippen molar-refractivity contribution in [2.75, 3.05) is 26.7 Å². The number of hydrogen-bond donors (Lipinski definition) is 0. The number of benzene rings is 1. The number of nitrogens with zero attached hydrogens (tertiary/aromatic N) is 2. The highest BCUT2D eigenvalue weighted by atomic mass is 16.5. The van der Waals surface area contributed by atoms with Gasteiger partial charge in [-0.05, 0) is 19.4 Å². The predicted octanol–water partition coefficient (Wildman–Crippen LogP) is 1.75. The number of rotatable bonds is 4. The van der Waals surface area contributed by atoms with Gasteiger partial charge in [0, 0.05) is 26.7 Å². The first-order valence-corrected chi connectivity index (χ1v) is 7.22. The average Bonchev–Trinajstić information content (AvgIpc) is 2.46. The topological polar surface area (TPSA) is 32.8 Å². The lowest BCUT2D eigenvalue weighted by molar-refractivity contribution is -0.138. The van der Waals surface area contributed by atoms with Crippen LogP contribution in [0.4, 0.5) is 0 Å². The highest BCUT2D eigenvalue weighted by molar-refractivity contribution is 5.81. The van der Waals surface area contributed by atoms with Crippen molar-refractivity contribution in [3.8, 4) is 0 Å². The summed E-state index contributed by atoms with van der Waals surface area (Å²) in [6.07, 6.45) is 0.207. The highest BCUT2D eigenvalue weighted by Gasteiger charge is 2.27. The first-order valence-electron chi connectivity index (χ1n) is 7.22. The van der Waals surface area contributed by atoms with Crippen LogP contribution in [-0.2, 0) is 16.1 Å². The molecule has 4 heteroatoms. The van der Waals surface area contributed by atoms with Gasteiger partial charge in [-0.1, -0.05) is 30.3 Å². The lowest BCUT2D eigenvalue weighted by Gasteiger charge is -2.36. The molecule has 0 saturated carbocycles. The van der Waals surface area contributed by atoms with Gasteiger partial charge in [0.1, 0.15) is 0 Å². The molecule has 4 nitrogen and oxygen atoms in total. The van der Waals surface area contributed by atoms with Crippen LogP contribution in [0.1, 0.15) is 19.4 Å². The quantitative estimate of drug-likeness (QED) is 0.840. The second kappa shape index (κ2) is 6.86. The summed E-state index contributed by atoms with van der Waals surface area (Å²) in [6.45, 7) is 7.06. The van der Waals surface area contributed by atoms with Gasteiger partial charge in [-0.15, -0.1) is 0 Å². The summed E-state index contributed by atoms with van der Waals surface area (Å²) >= 11 is 0. The summed E-state index contributed by atoms with van der Waals surface area (Å²) in [5, 5.41) is 0. The van der Waals surface area contributed by atoms with Gasteiger partial charge in [-0.3, -0.25) is 9.69 Å². The minimum Gasteiger partial charge on any atom is -0.376 e. The van der Waals surface area contributed by atoms with E-state index >= 15 is 0 Å². The minimum atomic E-state index is -0.0879. The average molecular weight is 276 g/mol. The Balaban J connectivity index is 1.92. The van der Waals surface area contributed by atoms with Gasteiger partial charge in [-0.2, -0.15) is 0 Å². The van der Waals surface area contributed by atoms with Crippen LogP contribution in [0, 0.1) is 0 Å². The number of carbonyl (C=O) groups excluding carboxylic acids is 1. The van der Waals surface area contributed by atoms with Crippen LogP contribution in [0.2, 0.25) is 0 Å². The zero-order valence-electron chi connectivity index (χ0n) is 12.6. The lowest BCUT2D eigenvalue weighted by Crippen LogP contribution is -2.51. The molecule has 1 amide bonds. The molecule has 0 bridgehead atoms. The van der Waals surface area contributed by atoms with E-state index in [9.17, 15) is 4.79 Å². The number of ether oxygens (including phenoxy) is 1. The van der Waals surface area contributed by atoms with E-state index in [4.69, 9.17) is 4.74 Å². The molecule has 1 aromatic carbocycles. The summed E-state index contributed by atoms with van der Waals surface area (Å²) in [5.41, 5.74) is 1.16. The molecule has 2 atom stereocenters. The maximum Gasteiger partial charge on any atom is 0.239 e. The van der Waals surface area contributed by atoms with Crippen LogP contribution < -0.4 is 0 Å².